The molecule has 4 rings (SSSR count). The molecule has 0 N–H and O–H groups in total. The highest BCUT2D eigenvalue weighted by Gasteiger charge is 2.16. The molecule has 7 nitrogen and oxygen atoms in total. The van der Waals surface area contributed by atoms with Crippen LogP contribution in [0.5, 0.6) is 5.75 Å². The number of benzene rings is 1. The molecule has 0 radical (unpaired) electrons. The average Bonchev–Trinajstić information content (AvgIpc) is 3.07. The molecule has 0 saturated heterocycles. The highest BCUT2D eigenvalue weighted by molar-refractivity contribution is 5.83. The summed E-state index contributed by atoms with van der Waals surface area (Å²) in [7, 11) is 1.59. The molecule has 0 amide bonds. The number of pyridine rings is 2. The number of nitrogens with zero attached hydrogens (tertiary/aromatic N) is 4. The monoisotopic (exact) mass is 334 g/mol. The van der Waals surface area contributed by atoms with Crippen LogP contribution in [0.1, 0.15) is 5.89 Å². The minimum atomic E-state index is -0.243. The Balaban J connectivity index is 2.08. The number of aryl methyl sites for hydroxylation is 1. The second kappa shape index (κ2) is 5.86. The Morgan fingerprint density at radius 3 is 2.84 bits per heavy atom. The Morgan fingerprint density at radius 1 is 1.20 bits per heavy atom. The predicted molar refractivity (Wildman–Crippen MR) is 91.9 cm³/mol. The van der Waals surface area contributed by atoms with Crippen LogP contribution in [0.25, 0.3) is 28.0 Å². The van der Waals surface area contributed by atoms with Crippen molar-refractivity contribution in [1.82, 2.24) is 19.7 Å². The molecule has 0 bridgehead atoms. The minimum Gasteiger partial charge on any atom is -0.497 e. The number of hydrogen-bond acceptors (Lipinski definition) is 6. The lowest BCUT2D eigenvalue weighted by Gasteiger charge is -2.12. The third-order valence-electron chi connectivity index (χ3n) is 3.88. The summed E-state index contributed by atoms with van der Waals surface area (Å²) in [6.07, 6.45) is 3.35. The summed E-state index contributed by atoms with van der Waals surface area (Å²) in [5, 5.41) is 4.67. The van der Waals surface area contributed by atoms with Gasteiger partial charge in [0.25, 0.3) is 5.56 Å². The Hall–Kier alpha value is -3.48. The molecule has 0 saturated carbocycles. The van der Waals surface area contributed by atoms with Crippen LogP contribution < -0.4 is 10.3 Å². The van der Waals surface area contributed by atoms with E-state index in [9.17, 15) is 4.79 Å². The fourth-order valence-corrected chi connectivity index (χ4v) is 2.74. The number of rotatable bonds is 3. The SMILES string of the molecule is COc1cccc(-n2c(=O)c(-c3noc(C)n3)cc3cnccc32)c1. The van der Waals surface area contributed by atoms with Crippen LogP contribution in [-0.4, -0.2) is 26.8 Å². The summed E-state index contributed by atoms with van der Waals surface area (Å²) in [5.41, 5.74) is 1.52. The van der Waals surface area contributed by atoms with Gasteiger partial charge in [0.2, 0.25) is 11.7 Å². The standard InChI is InChI=1S/C18H14N4O3/c1-11-20-17(21-25-11)15-8-12-10-19-7-6-16(12)22(18(15)23)13-4-3-5-14(9-13)24-2/h3-10H,1-2H3. The van der Waals surface area contributed by atoms with Gasteiger partial charge in [0.05, 0.1) is 23.9 Å². The van der Waals surface area contributed by atoms with E-state index >= 15 is 0 Å². The molecule has 0 spiro atoms. The molecule has 25 heavy (non-hydrogen) atoms. The van der Waals surface area contributed by atoms with Gasteiger partial charge in [-0.15, -0.1) is 0 Å². The van der Waals surface area contributed by atoms with Crippen molar-refractivity contribution in [3.8, 4) is 22.8 Å². The Labute approximate surface area is 142 Å². The maximum Gasteiger partial charge on any atom is 0.266 e. The van der Waals surface area contributed by atoms with Gasteiger partial charge in [0.15, 0.2) is 0 Å². The van der Waals surface area contributed by atoms with Crippen molar-refractivity contribution in [3.63, 3.8) is 0 Å². The quantitative estimate of drug-likeness (QED) is 0.573. The van der Waals surface area contributed by atoms with Crippen LogP contribution in [0.4, 0.5) is 0 Å². The van der Waals surface area contributed by atoms with Crippen LogP contribution in [-0.2, 0) is 0 Å². The van der Waals surface area contributed by atoms with Crippen LogP contribution in [0.15, 0.2) is 58.1 Å². The zero-order valence-corrected chi connectivity index (χ0v) is 13.6. The van der Waals surface area contributed by atoms with Crippen molar-refractivity contribution in [2.75, 3.05) is 7.11 Å². The van der Waals surface area contributed by atoms with Crippen molar-refractivity contribution in [2.45, 2.75) is 6.92 Å². The predicted octanol–water partition coefficient (Wildman–Crippen LogP) is 2.75. The van der Waals surface area contributed by atoms with Crippen LogP contribution in [0.2, 0.25) is 0 Å². The second-order valence-corrected chi connectivity index (χ2v) is 5.47. The van der Waals surface area contributed by atoms with Crippen molar-refractivity contribution < 1.29 is 9.26 Å². The second-order valence-electron chi connectivity index (χ2n) is 5.47. The third kappa shape index (κ3) is 2.55. The Kier molecular flexibility index (Phi) is 3.53. The molecule has 0 aliphatic heterocycles. The van der Waals surface area contributed by atoms with Crippen molar-refractivity contribution >= 4 is 10.9 Å². The largest absolute Gasteiger partial charge is 0.497 e. The van der Waals surface area contributed by atoms with E-state index in [1.54, 1.807) is 49.2 Å². The van der Waals surface area contributed by atoms with E-state index in [0.29, 0.717) is 22.9 Å². The van der Waals surface area contributed by atoms with Gasteiger partial charge < -0.3 is 9.26 Å². The summed E-state index contributed by atoms with van der Waals surface area (Å²) in [5.74, 6) is 1.31. The number of ether oxygens (including phenoxy) is 1. The fourth-order valence-electron chi connectivity index (χ4n) is 2.74. The van der Waals surface area contributed by atoms with E-state index in [4.69, 9.17) is 9.26 Å². The molecule has 124 valence electrons. The van der Waals surface area contributed by atoms with Crippen LogP contribution >= 0.6 is 0 Å². The maximum absolute atomic E-state index is 13.2. The van der Waals surface area contributed by atoms with E-state index in [0.717, 1.165) is 10.9 Å². The summed E-state index contributed by atoms with van der Waals surface area (Å²) in [6.45, 7) is 1.68. The van der Waals surface area contributed by atoms with Gasteiger partial charge in [-0.1, -0.05) is 11.2 Å². The van der Waals surface area contributed by atoms with E-state index < -0.39 is 0 Å². The summed E-state index contributed by atoms with van der Waals surface area (Å²) in [6, 6.07) is 10.8. The molecule has 0 fully saturated rings. The van der Waals surface area contributed by atoms with Gasteiger partial charge in [-0.2, -0.15) is 4.98 Å². The van der Waals surface area contributed by atoms with Crippen LogP contribution in [0, 0.1) is 6.92 Å². The third-order valence-corrected chi connectivity index (χ3v) is 3.88. The number of aromatic nitrogens is 4. The van der Waals surface area contributed by atoms with Crippen LogP contribution in [0.3, 0.4) is 0 Å². The smallest absolute Gasteiger partial charge is 0.266 e. The molecule has 0 atom stereocenters. The van der Waals surface area contributed by atoms with E-state index in [2.05, 4.69) is 15.1 Å². The highest BCUT2D eigenvalue weighted by Crippen LogP contribution is 2.23. The van der Waals surface area contributed by atoms with Gasteiger partial charge in [-0.3, -0.25) is 14.3 Å². The molecule has 7 heteroatoms. The zero-order valence-electron chi connectivity index (χ0n) is 13.6. The normalized spacial score (nSPS) is 11.0. The number of methoxy groups -OCH3 is 1. The Bertz CT molecular complexity index is 1130. The molecular formula is C18H14N4O3. The topological polar surface area (TPSA) is 83.0 Å². The summed E-state index contributed by atoms with van der Waals surface area (Å²) < 4.78 is 11.9. The lowest BCUT2D eigenvalue weighted by molar-refractivity contribution is 0.394. The van der Waals surface area contributed by atoms with E-state index in [-0.39, 0.29) is 11.4 Å². The lowest BCUT2D eigenvalue weighted by Crippen LogP contribution is -2.21. The summed E-state index contributed by atoms with van der Waals surface area (Å²) in [4.78, 5) is 21.5. The first-order valence-corrected chi connectivity index (χ1v) is 7.62. The first-order valence-electron chi connectivity index (χ1n) is 7.62. The molecule has 0 aliphatic carbocycles. The molecular weight excluding hydrogens is 320 g/mol. The first kappa shape index (κ1) is 15.1. The van der Waals surface area contributed by atoms with Crippen molar-refractivity contribution in [2.24, 2.45) is 0 Å². The molecule has 0 aliphatic rings. The summed E-state index contributed by atoms with van der Waals surface area (Å²) >= 11 is 0. The van der Waals surface area contributed by atoms with Gasteiger partial charge in [-0.05, 0) is 24.3 Å². The van der Waals surface area contributed by atoms with Gasteiger partial charge >= 0.3 is 0 Å². The van der Waals surface area contributed by atoms with E-state index in [1.807, 2.05) is 18.2 Å². The van der Waals surface area contributed by atoms with Crippen molar-refractivity contribution in [1.29, 1.82) is 0 Å². The maximum atomic E-state index is 13.2. The Morgan fingerprint density at radius 2 is 2.08 bits per heavy atom. The van der Waals surface area contributed by atoms with E-state index in [1.165, 1.54) is 0 Å². The molecule has 0 unspecified atom stereocenters. The van der Waals surface area contributed by atoms with Crippen molar-refractivity contribution in [3.05, 3.63) is 65.0 Å². The zero-order chi connectivity index (χ0) is 17.4. The lowest BCUT2D eigenvalue weighted by atomic mass is 10.1. The van der Waals surface area contributed by atoms with Gasteiger partial charge in [0.1, 0.15) is 5.75 Å². The number of hydrogen-bond donors (Lipinski definition) is 0. The highest BCUT2D eigenvalue weighted by atomic mass is 16.5. The molecule has 4 aromatic rings. The molecule has 3 heterocycles. The first-order chi connectivity index (χ1) is 12.2. The average molecular weight is 334 g/mol. The number of fused-ring (bicyclic) bond motifs is 1. The molecule has 1 aromatic carbocycles. The fraction of sp³-hybridized carbons (Fsp3) is 0.111. The van der Waals surface area contributed by atoms with Gasteiger partial charge in [0, 0.05) is 30.8 Å². The minimum absolute atomic E-state index is 0.243. The van der Waals surface area contributed by atoms with Gasteiger partial charge in [-0.25, -0.2) is 0 Å². The molecule has 3 aromatic heterocycles.